The van der Waals surface area contributed by atoms with E-state index >= 15 is 0 Å². The summed E-state index contributed by atoms with van der Waals surface area (Å²) in [5, 5.41) is 3.56. The molecular weight excluding hydrogens is 184 g/mol. The monoisotopic (exact) mass is 212 g/mol. The van der Waals surface area contributed by atoms with Gasteiger partial charge in [0.05, 0.1) is 0 Å². The van der Waals surface area contributed by atoms with Gasteiger partial charge in [-0.25, -0.2) is 0 Å². The molecule has 0 aromatic rings. The maximum atomic E-state index is 3.56. The van der Waals surface area contributed by atoms with Crippen LogP contribution in [0.15, 0.2) is 0 Å². The molecule has 0 saturated carbocycles. The first-order valence-corrected chi connectivity index (χ1v) is 6.72. The van der Waals surface area contributed by atoms with Crippen LogP contribution in [0.1, 0.15) is 46.5 Å². The fourth-order valence-electron chi connectivity index (χ4n) is 2.37. The van der Waals surface area contributed by atoms with Crippen molar-refractivity contribution in [3.8, 4) is 0 Å². The van der Waals surface area contributed by atoms with Gasteiger partial charge in [-0.2, -0.15) is 0 Å². The minimum absolute atomic E-state index is 0.680. The summed E-state index contributed by atoms with van der Waals surface area (Å²) < 4.78 is 0. The summed E-state index contributed by atoms with van der Waals surface area (Å²) in [5.41, 5.74) is 0. The Balaban J connectivity index is 2.03. The van der Waals surface area contributed by atoms with Gasteiger partial charge in [-0.3, -0.25) is 0 Å². The lowest BCUT2D eigenvalue weighted by molar-refractivity contribution is 0.312. The van der Waals surface area contributed by atoms with Crippen molar-refractivity contribution in [3.63, 3.8) is 0 Å². The molecule has 1 rings (SSSR count). The van der Waals surface area contributed by atoms with Crippen molar-refractivity contribution in [1.29, 1.82) is 0 Å². The third-order valence-corrected chi connectivity index (χ3v) is 3.60. The normalized spacial score (nSPS) is 24.6. The van der Waals surface area contributed by atoms with Gasteiger partial charge in [-0.1, -0.05) is 20.3 Å². The Morgan fingerprint density at radius 2 is 2.20 bits per heavy atom. The van der Waals surface area contributed by atoms with Crippen LogP contribution in [0.2, 0.25) is 0 Å². The van der Waals surface area contributed by atoms with E-state index in [4.69, 9.17) is 0 Å². The van der Waals surface area contributed by atoms with Gasteiger partial charge in [-0.05, 0) is 38.6 Å². The van der Waals surface area contributed by atoms with Crippen molar-refractivity contribution in [2.75, 3.05) is 26.2 Å². The molecule has 0 radical (unpaired) electrons. The van der Waals surface area contributed by atoms with Crippen LogP contribution in [-0.2, 0) is 0 Å². The van der Waals surface area contributed by atoms with Gasteiger partial charge in [0.15, 0.2) is 0 Å². The lowest BCUT2D eigenvalue weighted by Gasteiger charge is -2.18. The van der Waals surface area contributed by atoms with Crippen LogP contribution in [0.3, 0.4) is 0 Å². The molecule has 2 heteroatoms. The number of nitrogens with one attached hydrogen (secondary N) is 1. The predicted octanol–water partition coefficient (Wildman–Crippen LogP) is 2.50. The lowest BCUT2D eigenvalue weighted by Crippen LogP contribution is -2.34. The molecule has 1 saturated heterocycles. The highest BCUT2D eigenvalue weighted by atomic mass is 15.2. The Labute approximate surface area is 95.4 Å². The van der Waals surface area contributed by atoms with Gasteiger partial charge in [0, 0.05) is 25.7 Å². The molecule has 2 atom stereocenters. The molecule has 2 nitrogen and oxygen atoms in total. The van der Waals surface area contributed by atoms with Crippen LogP contribution in [-0.4, -0.2) is 37.1 Å². The second kappa shape index (κ2) is 7.24. The van der Waals surface area contributed by atoms with Crippen molar-refractivity contribution in [2.45, 2.75) is 52.5 Å². The molecule has 0 aliphatic carbocycles. The zero-order valence-electron chi connectivity index (χ0n) is 10.8. The standard InChI is InChI=1S/C13H28N2/c1-4-6-13-7-9-15(11-13)10-8-14-12(3)5-2/h12-14H,4-11H2,1-3H3. The molecule has 1 N–H and O–H groups in total. The van der Waals surface area contributed by atoms with Crippen molar-refractivity contribution in [3.05, 3.63) is 0 Å². The summed E-state index contributed by atoms with van der Waals surface area (Å²) in [4.78, 5) is 2.62. The first-order chi connectivity index (χ1) is 7.26. The zero-order valence-corrected chi connectivity index (χ0v) is 10.8. The Morgan fingerprint density at radius 3 is 2.87 bits per heavy atom. The molecule has 0 bridgehead atoms. The number of likely N-dealkylation sites (tertiary alicyclic amines) is 1. The van der Waals surface area contributed by atoms with E-state index in [9.17, 15) is 0 Å². The minimum Gasteiger partial charge on any atom is -0.313 e. The van der Waals surface area contributed by atoms with Crippen LogP contribution in [0, 0.1) is 5.92 Å². The van der Waals surface area contributed by atoms with E-state index < -0.39 is 0 Å². The molecule has 0 spiro atoms. The molecule has 90 valence electrons. The average Bonchev–Trinajstić information content (AvgIpc) is 2.66. The second-order valence-corrected chi connectivity index (χ2v) is 5.01. The first kappa shape index (κ1) is 13.0. The fourth-order valence-corrected chi connectivity index (χ4v) is 2.37. The fraction of sp³-hybridized carbons (Fsp3) is 1.00. The number of hydrogen-bond acceptors (Lipinski definition) is 2. The molecule has 1 aliphatic heterocycles. The van der Waals surface area contributed by atoms with Crippen molar-refractivity contribution in [2.24, 2.45) is 5.92 Å². The van der Waals surface area contributed by atoms with Crippen LogP contribution >= 0.6 is 0 Å². The Morgan fingerprint density at radius 1 is 1.40 bits per heavy atom. The van der Waals surface area contributed by atoms with E-state index in [1.165, 1.54) is 45.3 Å². The van der Waals surface area contributed by atoms with E-state index in [1.807, 2.05) is 0 Å². The predicted molar refractivity (Wildman–Crippen MR) is 67.2 cm³/mol. The van der Waals surface area contributed by atoms with E-state index in [2.05, 4.69) is 31.0 Å². The molecule has 2 unspecified atom stereocenters. The Bertz CT molecular complexity index is 159. The SMILES string of the molecule is CCCC1CCN(CCNC(C)CC)C1. The number of rotatable bonds is 7. The molecular formula is C13H28N2. The highest BCUT2D eigenvalue weighted by Gasteiger charge is 2.20. The summed E-state index contributed by atoms with van der Waals surface area (Å²) in [5.74, 6) is 0.985. The molecule has 0 amide bonds. The lowest BCUT2D eigenvalue weighted by atomic mass is 10.0. The van der Waals surface area contributed by atoms with Gasteiger partial charge in [-0.15, -0.1) is 0 Å². The topological polar surface area (TPSA) is 15.3 Å². The summed E-state index contributed by atoms with van der Waals surface area (Å²) in [7, 11) is 0. The van der Waals surface area contributed by atoms with E-state index in [0.717, 1.165) is 12.5 Å². The van der Waals surface area contributed by atoms with E-state index in [0.29, 0.717) is 6.04 Å². The smallest absolute Gasteiger partial charge is 0.0107 e. The Hall–Kier alpha value is -0.0800. The van der Waals surface area contributed by atoms with E-state index in [-0.39, 0.29) is 0 Å². The summed E-state index contributed by atoms with van der Waals surface area (Å²) in [6.07, 6.45) is 5.44. The first-order valence-electron chi connectivity index (χ1n) is 6.72. The average molecular weight is 212 g/mol. The molecule has 1 heterocycles. The largest absolute Gasteiger partial charge is 0.313 e. The molecule has 0 aromatic heterocycles. The highest BCUT2D eigenvalue weighted by Crippen LogP contribution is 2.19. The second-order valence-electron chi connectivity index (χ2n) is 5.01. The van der Waals surface area contributed by atoms with Crippen LogP contribution in [0.4, 0.5) is 0 Å². The van der Waals surface area contributed by atoms with Gasteiger partial charge in [0.2, 0.25) is 0 Å². The van der Waals surface area contributed by atoms with Crippen LogP contribution in [0.25, 0.3) is 0 Å². The maximum absolute atomic E-state index is 3.56. The maximum Gasteiger partial charge on any atom is 0.0107 e. The molecule has 1 aliphatic rings. The van der Waals surface area contributed by atoms with Gasteiger partial charge in [0.1, 0.15) is 0 Å². The molecule has 15 heavy (non-hydrogen) atoms. The summed E-state index contributed by atoms with van der Waals surface area (Å²) >= 11 is 0. The quantitative estimate of drug-likeness (QED) is 0.697. The van der Waals surface area contributed by atoms with Gasteiger partial charge >= 0.3 is 0 Å². The van der Waals surface area contributed by atoms with Crippen molar-refractivity contribution in [1.82, 2.24) is 10.2 Å². The van der Waals surface area contributed by atoms with Gasteiger partial charge < -0.3 is 10.2 Å². The van der Waals surface area contributed by atoms with Crippen molar-refractivity contribution >= 4 is 0 Å². The third kappa shape index (κ3) is 4.98. The minimum atomic E-state index is 0.680. The molecule has 0 aromatic carbocycles. The summed E-state index contributed by atoms with van der Waals surface area (Å²) in [6, 6.07) is 0.680. The number of nitrogens with zero attached hydrogens (tertiary/aromatic N) is 1. The number of hydrogen-bond donors (Lipinski definition) is 1. The van der Waals surface area contributed by atoms with E-state index in [1.54, 1.807) is 0 Å². The van der Waals surface area contributed by atoms with Crippen molar-refractivity contribution < 1.29 is 0 Å². The van der Waals surface area contributed by atoms with Crippen LogP contribution < -0.4 is 5.32 Å². The Kier molecular flexibility index (Phi) is 6.26. The summed E-state index contributed by atoms with van der Waals surface area (Å²) in [6.45, 7) is 11.9. The van der Waals surface area contributed by atoms with Crippen LogP contribution in [0.5, 0.6) is 0 Å². The van der Waals surface area contributed by atoms with Gasteiger partial charge in [0.25, 0.3) is 0 Å². The zero-order chi connectivity index (χ0) is 11.1. The third-order valence-electron chi connectivity index (χ3n) is 3.60. The highest BCUT2D eigenvalue weighted by molar-refractivity contribution is 4.75. The molecule has 1 fully saturated rings.